The molecule has 0 spiro atoms. The molecule has 3 aromatic heterocycles. The smallest absolute Gasteiger partial charge is 0.326 e. The fourth-order valence-corrected chi connectivity index (χ4v) is 3.58. The van der Waals surface area contributed by atoms with Crippen molar-refractivity contribution in [2.24, 2.45) is 0 Å². The molecule has 142 valence electrons. The Kier molecular flexibility index (Phi) is 4.62. The number of nitrogens with zero attached hydrogens (tertiary/aromatic N) is 5. The standard InChI is InChI=1S/C18H18N8OS/c1-10(2)26-9-20-25-16(26)13-4-3-5-15(21-13)23-17(27)24-18-22-12-7-6-11(19)8-14(12)28-18/h3-10H,19H2,1-2H3,(H2,21,22,23,24,27). The normalized spacial score (nSPS) is 11.1. The van der Waals surface area contributed by atoms with Crippen LogP contribution in [-0.2, 0) is 0 Å². The lowest BCUT2D eigenvalue weighted by atomic mass is 10.3. The number of amides is 2. The van der Waals surface area contributed by atoms with Crippen LogP contribution in [0.15, 0.2) is 42.7 Å². The summed E-state index contributed by atoms with van der Waals surface area (Å²) in [6, 6.07) is 10.5. The number of carbonyl (C=O) groups excluding carboxylic acids is 1. The topological polar surface area (TPSA) is 124 Å². The molecule has 4 N–H and O–H groups in total. The van der Waals surface area contributed by atoms with Gasteiger partial charge in [-0.2, -0.15) is 0 Å². The molecule has 0 radical (unpaired) electrons. The van der Waals surface area contributed by atoms with E-state index in [1.165, 1.54) is 11.3 Å². The zero-order chi connectivity index (χ0) is 19.7. The third kappa shape index (κ3) is 3.62. The number of carbonyl (C=O) groups is 1. The van der Waals surface area contributed by atoms with E-state index < -0.39 is 6.03 Å². The van der Waals surface area contributed by atoms with Gasteiger partial charge >= 0.3 is 6.03 Å². The van der Waals surface area contributed by atoms with E-state index in [2.05, 4.69) is 30.8 Å². The first-order chi connectivity index (χ1) is 13.5. The lowest BCUT2D eigenvalue weighted by Crippen LogP contribution is -2.20. The molecule has 28 heavy (non-hydrogen) atoms. The van der Waals surface area contributed by atoms with Crippen LogP contribution in [0.25, 0.3) is 21.7 Å². The quantitative estimate of drug-likeness (QED) is 0.453. The van der Waals surface area contributed by atoms with Crippen LogP contribution < -0.4 is 16.4 Å². The number of aromatic nitrogens is 5. The maximum Gasteiger partial charge on any atom is 0.326 e. The number of anilines is 3. The van der Waals surface area contributed by atoms with E-state index >= 15 is 0 Å². The average Bonchev–Trinajstić information content (AvgIpc) is 3.28. The highest BCUT2D eigenvalue weighted by atomic mass is 32.1. The van der Waals surface area contributed by atoms with E-state index in [1.54, 1.807) is 24.5 Å². The van der Waals surface area contributed by atoms with Crippen molar-refractivity contribution in [3.8, 4) is 11.5 Å². The Hall–Kier alpha value is -3.53. The van der Waals surface area contributed by atoms with Gasteiger partial charge in [0.2, 0.25) is 0 Å². The number of nitrogens with two attached hydrogens (primary N) is 1. The number of thiazole rings is 1. The second-order valence-electron chi connectivity index (χ2n) is 6.39. The number of benzene rings is 1. The Bertz CT molecular complexity index is 1150. The van der Waals surface area contributed by atoms with Gasteiger partial charge in [-0.15, -0.1) is 10.2 Å². The fourth-order valence-electron chi connectivity index (χ4n) is 2.67. The molecule has 0 fully saturated rings. The Balaban J connectivity index is 1.50. The lowest BCUT2D eigenvalue weighted by molar-refractivity contribution is 0.262. The zero-order valence-electron chi connectivity index (χ0n) is 15.2. The van der Waals surface area contributed by atoms with Gasteiger partial charge in [-0.1, -0.05) is 17.4 Å². The molecule has 0 aliphatic rings. The van der Waals surface area contributed by atoms with Crippen molar-refractivity contribution < 1.29 is 4.79 Å². The molecule has 4 rings (SSSR count). The van der Waals surface area contributed by atoms with Crippen LogP contribution >= 0.6 is 11.3 Å². The average molecular weight is 394 g/mol. The summed E-state index contributed by atoms with van der Waals surface area (Å²) in [7, 11) is 0. The maximum atomic E-state index is 12.3. The van der Waals surface area contributed by atoms with Crippen LogP contribution in [0.1, 0.15) is 19.9 Å². The molecule has 0 atom stereocenters. The van der Waals surface area contributed by atoms with Gasteiger partial charge in [-0.25, -0.2) is 14.8 Å². The maximum absolute atomic E-state index is 12.3. The molecule has 0 saturated heterocycles. The highest BCUT2D eigenvalue weighted by Gasteiger charge is 2.13. The number of nitrogen functional groups attached to an aromatic ring is 1. The van der Waals surface area contributed by atoms with Gasteiger partial charge in [0, 0.05) is 11.7 Å². The summed E-state index contributed by atoms with van der Waals surface area (Å²) in [4.78, 5) is 21.2. The number of pyridine rings is 1. The molecule has 0 unspecified atom stereocenters. The van der Waals surface area contributed by atoms with Crippen LogP contribution in [0, 0.1) is 0 Å². The number of urea groups is 1. The molecule has 9 nitrogen and oxygen atoms in total. The van der Waals surface area contributed by atoms with Crippen LogP contribution in [-0.4, -0.2) is 30.8 Å². The molecule has 0 saturated carbocycles. The third-order valence-electron chi connectivity index (χ3n) is 3.98. The molecule has 1 aromatic carbocycles. The van der Waals surface area contributed by atoms with Crippen molar-refractivity contribution in [1.82, 2.24) is 24.7 Å². The first-order valence-corrected chi connectivity index (χ1v) is 9.42. The zero-order valence-corrected chi connectivity index (χ0v) is 16.1. The summed E-state index contributed by atoms with van der Waals surface area (Å²) in [5.41, 5.74) is 7.84. The molecule has 2 amide bonds. The molecule has 0 aliphatic carbocycles. The first kappa shape index (κ1) is 17.9. The van der Waals surface area contributed by atoms with Crippen LogP contribution in [0.3, 0.4) is 0 Å². The number of nitrogens with one attached hydrogen (secondary N) is 2. The fraction of sp³-hybridized carbons (Fsp3) is 0.167. The SMILES string of the molecule is CC(C)n1cnnc1-c1cccc(NC(=O)Nc2nc3ccc(N)cc3s2)n1. The molecule has 3 heterocycles. The number of hydrogen-bond donors (Lipinski definition) is 3. The molecule has 0 bridgehead atoms. The van der Waals surface area contributed by atoms with Crippen molar-refractivity contribution in [2.45, 2.75) is 19.9 Å². The van der Waals surface area contributed by atoms with Gasteiger partial charge in [0.05, 0.1) is 10.2 Å². The minimum Gasteiger partial charge on any atom is -0.399 e. The van der Waals surface area contributed by atoms with Gasteiger partial charge in [0.15, 0.2) is 11.0 Å². The van der Waals surface area contributed by atoms with Crippen LogP contribution in [0.2, 0.25) is 0 Å². The predicted octanol–water partition coefficient (Wildman–Crippen LogP) is 3.76. The third-order valence-corrected chi connectivity index (χ3v) is 4.92. The Morgan fingerprint density at radius 1 is 1.18 bits per heavy atom. The lowest BCUT2D eigenvalue weighted by Gasteiger charge is -2.10. The van der Waals surface area contributed by atoms with E-state index in [1.807, 2.05) is 36.6 Å². The summed E-state index contributed by atoms with van der Waals surface area (Å²) in [5, 5.41) is 14.0. The summed E-state index contributed by atoms with van der Waals surface area (Å²) in [6.45, 7) is 4.07. The summed E-state index contributed by atoms with van der Waals surface area (Å²) in [6.07, 6.45) is 1.66. The van der Waals surface area contributed by atoms with Crippen molar-refractivity contribution >= 4 is 44.2 Å². The summed E-state index contributed by atoms with van der Waals surface area (Å²) < 4.78 is 2.82. The van der Waals surface area contributed by atoms with E-state index in [4.69, 9.17) is 5.73 Å². The van der Waals surface area contributed by atoms with Gasteiger partial charge < -0.3 is 10.3 Å². The predicted molar refractivity (Wildman–Crippen MR) is 110 cm³/mol. The Labute approximate surface area is 164 Å². The van der Waals surface area contributed by atoms with Crippen molar-refractivity contribution in [3.63, 3.8) is 0 Å². The van der Waals surface area contributed by atoms with Crippen LogP contribution in [0.5, 0.6) is 0 Å². The number of hydrogen-bond acceptors (Lipinski definition) is 7. The van der Waals surface area contributed by atoms with E-state index in [-0.39, 0.29) is 6.04 Å². The molecule has 0 aliphatic heterocycles. The number of fused-ring (bicyclic) bond motifs is 1. The highest BCUT2D eigenvalue weighted by Crippen LogP contribution is 2.27. The Morgan fingerprint density at radius 2 is 2.04 bits per heavy atom. The minimum atomic E-state index is -0.429. The van der Waals surface area contributed by atoms with E-state index in [0.717, 1.165) is 10.2 Å². The van der Waals surface area contributed by atoms with E-state index in [0.29, 0.717) is 28.2 Å². The van der Waals surface area contributed by atoms with Gasteiger partial charge in [0.1, 0.15) is 17.8 Å². The molecule has 4 aromatic rings. The molecule has 10 heteroatoms. The summed E-state index contributed by atoms with van der Waals surface area (Å²) in [5.74, 6) is 1.04. The van der Waals surface area contributed by atoms with Crippen molar-refractivity contribution in [3.05, 3.63) is 42.7 Å². The Morgan fingerprint density at radius 3 is 2.86 bits per heavy atom. The second-order valence-corrected chi connectivity index (χ2v) is 7.42. The molecular weight excluding hydrogens is 376 g/mol. The van der Waals surface area contributed by atoms with Gasteiger partial charge in [-0.3, -0.25) is 10.6 Å². The summed E-state index contributed by atoms with van der Waals surface area (Å²) >= 11 is 1.35. The van der Waals surface area contributed by atoms with Crippen LogP contribution in [0.4, 0.5) is 21.4 Å². The largest absolute Gasteiger partial charge is 0.399 e. The van der Waals surface area contributed by atoms with E-state index in [9.17, 15) is 4.79 Å². The second kappa shape index (κ2) is 7.24. The minimum absolute atomic E-state index is 0.194. The van der Waals surface area contributed by atoms with Gasteiger partial charge in [0.25, 0.3) is 0 Å². The highest BCUT2D eigenvalue weighted by molar-refractivity contribution is 7.22. The van der Waals surface area contributed by atoms with Crippen molar-refractivity contribution in [2.75, 3.05) is 16.4 Å². The van der Waals surface area contributed by atoms with Gasteiger partial charge in [-0.05, 0) is 44.2 Å². The number of rotatable bonds is 4. The first-order valence-electron chi connectivity index (χ1n) is 8.60. The monoisotopic (exact) mass is 394 g/mol. The van der Waals surface area contributed by atoms with Crippen molar-refractivity contribution in [1.29, 1.82) is 0 Å². The molecular formula is C18H18N8OS.